The topological polar surface area (TPSA) is 15.3 Å². The molecule has 21 heavy (non-hydrogen) atoms. The number of unbranched alkanes of at least 4 members (excludes halogenated alkanes) is 1. The maximum atomic E-state index is 3.53. The van der Waals surface area contributed by atoms with Crippen molar-refractivity contribution in [3.05, 3.63) is 21.9 Å². The molecule has 1 aromatic rings. The molecule has 0 saturated carbocycles. The molecule has 0 saturated heterocycles. The maximum Gasteiger partial charge on any atom is 0.0330 e. The quantitative estimate of drug-likeness (QED) is 0.626. The number of nitrogens with zero attached hydrogens (tertiary/aromatic N) is 1. The summed E-state index contributed by atoms with van der Waals surface area (Å²) < 4.78 is 0. The van der Waals surface area contributed by atoms with Crippen LogP contribution in [-0.2, 0) is 13.1 Å². The Hall–Kier alpha value is -0.380. The highest BCUT2D eigenvalue weighted by Gasteiger charge is 2.13. The molecule has 1 unspecified atom stereocenters. The second kappa shape index (κ2) is 10.4. The molecule has 0 aliphatic heterocycles. The SMILES string of the molecule is CCCCN(Cc1ccc(CNCC(C)C)s1)C(C)CC. The minimum atomic E-state index is 0.682. The maximum absolute atomic E-state index is 3.53. The number of nitrogens with one attached hydrogen (secondary N) is 1. The third-order valence-corrected chi connectivity index (χ3v) is 5.01. The van der Waals surface area contributed by atoms with Gasteiger partial charge in [-0.15, -0.1) is 11.3 Å². The van der Waals surface area contributed by atoms with Crippen molar-refractivity contribution in [2.45, 2.75) is 73.0 Å². The zero-order chi connectivity index (χ0) is 15.7. The van der Waals surface area contributed by atoms with E-state index in [1.165, 1.54) is 35.6 Å². The molecule has 0 radical (unpaired) electrons. The van der Waals surface area contributed by atoms with Crippen molar-refractivity contribution in [2.24, 2.45) is 5.92 Å². The van der Waals surface area contributed by atoms with E-state index in [1.807, 2.05) is 11.3 Å². The van der Waals surface area contributed by atoms with Crippen LogP contribution in [-0.4, -0.2) is 24.0 Å². The van der Waals surface area contributed by atoms with Gasteiger partial charge < -0.3 is 5.32 Å². The van der Waals surface area contributed by atoms with Crippen LogP contribution in [0.5, 0.6) is 0 Å². The van der Waals surface area contributed by atoms with E-state index in [9.17, 15) is 0 Å². The predicted molar refractivity (Wildman–Crippen MR) is 95.9 cm³/mol. The summed E-state index contributed by atoms with van der Waals surface area (Å²) in [6.45, 7) is 15.9. The molecule has 0 amide bonds. The van der Waals surface area contributed by atoms with Gasteiger partial charge in [-0.1, -0.05) is 34.1 Å². The van der Waals surface area contributed by atoms with Crippen molar-refractivity contribution < 1.29 is 0 Å². The third-order valence-electron chi connectivity index (χ3n) is 3.94. The van der Waals surface area contributed by atoms with E-state index in [4.69, 9.17) is 0 Å². The van der Waals surface area contributed by atoms with Gasteiger partial charge in [-0.2, -0.15) is 0 Å². The van der Waals surface area contributed by atoms with Crippen molar-refractivity contribution in [3.63, 3.8) is 0 Å². The Morgan fingerprint density at radius 2 is 1.86 bits per heavy atom. The standard InChI is InChI=1S/C18H34N2S/c1-6-8-11-20(16(5)7-2)14-18-10-9-17(21-18)13-19-12-15(3)4/h9-10,15-16,19H,6-8,11-14H2,1-5H3. The molecule has 122 valence electrons. The van der Waals surface area contributed by atoms with Crippen molar-refractivity contribution in [3.8, 4) is 0 Å². The van der Waals surface area contributed by atoms with E-state index in [0.717, 1.165) is 25.6 Å². The van der Waals surface area contributed by atoms with E-state index in [2.05, 4.69) is 57.0 Å². The van der Waals surface area contributed by atoms with Crippen LogP contribution in [0, 0.1) is 5.92 Å². The summed E-state index contributed by atoms with van der Waals surface area (Å²) in [5.41, 5.74) is 0. The molecule has 0 bridgehead atoms. The summed E-state index contributed by atoms with van der Waals surface area (Å²) in [7, 11) is 0. The predicted octanol–water partition coefficient (Wildman–Crippen LogP) is 4.89. The lowest BCUT2D eigenvalue weighted by molar-refractivity contribution is 0.194. The lowest BCUT2D eigenvalue weighted by Crippen LogP contribution is -2.32. The first kappa shape index (κ1) is 18.7. The lowest BCUT2D eigenvalue weighted by Gasteiger charge is -2.27. The average molecular weight is 311 g/mol. The fourth-order valence-electron chi connectivity index (χ4n) is 2.36. The fourth-order valence-corrected chi connectivity index (χ4v) is 3.37. The highest BCUT2D eigenvalue weighted by atomic mass is 32.1. The third kappa shape index (κ3) is 7.44. The lowest BCUT2D eigenvalue weighted by atomic mass is 10.2. The van der Waals surface area contributed by atoms with Crippen LogP contribution in [0.1, 0.15) is 63.6 Å². The number of thiophene rings is 1. The second-order valence-electron chi connectivity index (χ2n) is 6.47. The van der Waals surface area contributed by atoms with Crippen LogP contribution in [0.4, 0.5) is 0 Å². The monoisotopic (exact) mass is 310 g/mol. The summed E-state index contributed by atoms with van der Waals surface area (Å²) in [4.78, 5) is 5.61. The number of hydrogen-bond acceptors (Lipinski definition) is 3. The zero-order valence-electron chi connectivity index (χ0n) is 14.6. The summed E-state index contributed by atoms with van der Waals surface area (Å²) in [5, 5.41) is 3.53. The minimum absolute atomic E-state index is 0.682. The Kier molecular flexibility index (Phi) is 9.21. The van der Waals surface area contributed by atoms with Crippen molar-refractivity contribution in [1.29, 1.82) is 0 Å². The zero-order valence-corrected chi connectivity index (χ0v) is 15.4. The van der Waals surface area contributed by atoms with Gasteiger partial charge in [-0.25, -0.2) is 0 Å². The number of hydrogen-bond donors (Lipinski definition) is 1. The van der Waals surface area contributed by atoms with Crippen LogP contribution >= 0.6 is 11.3 Å². The first-order valence-corrected chi connectivity index (χ1v) is 9.40. The molecule has 0 aliphatic carbocycles. The van der Waals surface area contributed by atoms with E-state index >= 15 is 0 Å². The molecule has 1 heterocycles. The molecule has 2 nitrogen and oxygen atoms in total. The van der Waals surface area contributed by atoms with Gasteiger partial charge in [0.05, 0.1) is 0 Å². The molecular weight excluding hydrogens is 276 g/mol. The van der Waals surface area contributed by atoms with Gasteiger partial charge in [-0.05, 0) is 50.9 Å². The number of rotatable bonds is 11. The molecule has 1 N–H and O–H groups in total. The van der Waals surface area contributed by atoms with E-state index in [-0.39, 0.29) is 0 Å². The Balaban J connectivity index is 2.49. The molecular formula is C18H34N2S. The van der Waals surface area contributed by atoms with Crippen molar-refractivity contribution in [2.75, 3.05) is 13.1 Å². The van der Waals surface area contributed by atoms with E-state index in [1.54, 1.807) is 0 Å². The van der Waals surface area contributed by atoms with E-state index in [0.29, 0.717) is 6.04 Å². The first-order valence-electron chi connectivity index (χ1n) is 8.59. The van der Waals surface area contributed by atoms with Gasteiger partial charge in [0.1, 0.15) is 0 Å². The average Bonchev–Trinajstić information content (AvgIpc) is 2.89. The molecule has 3 heteroatoms. The molecule has 0 aromatic carbocycles. The van der Waals surface area contributed by atoms with Crippen LogP contribution < -0.4 is 5.32 Å². The van der Waals surface area contributed by atoms with Gasteiger partial charge in [-0.3, -0.25) is 4.90 Å². The fraction of sp³-hybridized carbons (Fsp3) is 0.778. The van der Waals surface area contributed by atoms with Gasteiger partial charge >= 0.3 is 0 Å². The summed E-state index contributed by atoms with van der Waals surface area (Å²) in [5.74, 6) is 0.722. The minimum Gasteiger partial charge on any atom is -0.312 e. The molecule has 0 fully saturated rings. The van der Waals surface area contributed by atoms with Crippen molar-refractivity contribution in [1.82, 2.24) is 10.2 Å². The van der Waals surface area contributed by atoms with Gasteiger partial charge in [0, 0.05) is 28.9 Å². The van der Waals surface area contributed by atoms with Gasteiger partial charge in [0.15, 0.2) is 0 Å². The van der Waals surface area contributed by atoms with Crippen LogP contribution in [0.15, 0.2) is 12.1 Å². The molecule has 1 aromatic heterocycles. The Bertz CT molecular complexity index is 373. The Morgan fingerprint density at radius 3 is 2.48 bits per heavy atom. The molecule has 1 atom stereocenters. The van der Waals surface area contributed by atoms with Crippen LogP contribution in [0.3, 0.4) is 0 Å². The highest BCUT2D eigenvalue weighted by molar-refractivity contribution is 7.11. The summed E-state index contributed by atoms with van der Waals surface area (Å²) in [6.07, 6.45) is 3.82. The molecule has 1 rings (SSSR count). The smallest absolute Gasteiger partial charge is 0.0330 e. The van der Waals surface area contributed by atoms with Crippen molar-refractivity contribution >= 4 is 11.3 Å². The Labute approximate surface area is 135 Å². The summed E-state index contributed by atoms with van der Waals surface area (Å²) in [6, 6.07) is 5.29. The summed E-state index contributed by atoms with van der Waals surface area (Å²) >= 11 is 1.97. The molecule has 0 aliphatic rings. The molecule has 0 spiro atoms. The Morgan fingerprint density at radius 1 is 1.14 bits per heavy atom. The highest BCUT2D eigenvalue weighted by Crippen LogP contribution is 2.20. The first-order chi connectivity index (χ1) is 10.1. The largest absolute Gasteiger partial charge is 0.312 e. The van der Waals surface area contributed by atoms with E-state index < -0.39 is 0 Å². The second-order valence-corrected chi connectivity index (χ2v) is 7.73. The van der Waals surface area contributed by atoms with Crippen LogP contribution in [0.25, 0.3) is 0 Å². The normalized spacial score (nSPS) is 13.3. The van der Waals surface area contributed by atoms with Gasteiger partial charge in [0.25, 0.3) is 0 Å². The van der Waals surface area contributed by atoms with Gasteiger partial charge in [0.2, 0.25) is 0 Å². The van der Waals surface area contributed by atoms with Crippen LogP contribution in [0.2, 0.25) is 0 Å².